The number of nitrogens with two attached hydrogens (primary N) is 1. The van der Waals surface area contributed by atoms with Gasteiger partial charge in [0, 0.05) is 12.2 Å². The van der Waals surface area contributed by atoms with E-state index in [4.69, 9.17) is 10.5 Å². The van der Waals surface area contributed by atoms with Crippen LogP contribution in [0.3, 0.4) is 0 Å². The van der Waals surface area contributed by atoms with Crippen molar-refractivity contribution in [1.82, 2.24) is 0 Å². The molecule has 0 radical (unpaired) electrons. The van der Waals surface area contributed by atoms with Crippen molar-refractivity contribution < 1.29 is 9.53 Å². The lowest BCUT2D eigenvalue weighted by Gasteiger charge is -2.41. The Balaban J connectivity index is 1.99. The Labute approximate surface area is 108 Å². The summed E-state index contributed by atoms with van der Waals surface area (Å²) in [7, 11) is 1.39. The van der Waals surface area contributed by atoms with Gasteiger partial charge in [0.1, 0.15) is 0 Å². The minimum absolute atomic E-state index is 0.251. The SMILES string of the molecule is COC(=O)c1cccc(NCC2(CN)CCC2)c1. The van der Waals surface area contributed by atoms with Crippen LogP contribution in [-0.4, -0.2) is 26.2 Å². The zero-order chi connectivity index (χ0) is 13.0. The highest BCUT2D eigenvalue weighted by atomic mass is 16.5. The molecule has 0 aromatic heterocycles. The van der Waals surface area contributed by atoms with Crippen molar-refractivity contribution in [2.75, 3.05) is 25.5 Å². The van der Waals surface area contributed by atoms with Crippen LogP contribution in [0.15, 0.2) is 24.3 Å². The number of rotatable bonds is 5. The third-order valence-electron chi connectivity index (χ3n) is 3.80. The summed E-state index contributed by atoms with van der Waals surface area (Å²) < 4.78 is 4.70. The van der Waals surface area contributed by atoms with E-state index in [9.17, 15) is 4.79 Å². The van der Waals surface area contributed by atoms with Crippen molar-refractivity contribution in [1.29, 1.82) is 0 Å². The van der Waals surface area contributed by atoms with E-state index in [-0.39, 0.29) is 11.4 Å². The van der Waals surface area contributed by atoms with Crippen LogP contribution >= 0.6 is 0 Å². The van der Waals surface area contributed by atoms with Gasteiger partial charge in [0.15, 0.2) is 0 Å². The van der Waals surface area contributed by atoms with Crippen molar-refractivity contribution in [2.45, 2.75) is 19.3 Å². The zero-order valence-electron chi connectivity index (χ0n) is 10.7. The molecule has 1 saturated carbocycles. The van der Waals surface area contributed by atoms with Crippen molar-refractivity contribution in [3.8, 4) is 0 Å². The largest absolute Gasteiger partial charge is 0.465 e. The predicted octanol–water partition coefficient (Wildman–Crippen LogP) is 2.01. The van der Waals surface area contributed by atoms with Gasteiger partial charge in [-0.25, -0.2) is 4.79 Å². The Bertz CT molecular complexity index is 422. The van der Waals surface area contributed by atoms with Gasteiger partial charge in [-0.15, -0.1) is 0 Å². The van der Waals surface area contributed by atoms with E-state index in [1.807, 2.05) is 18.2 Å². The fourth-order valence-corrected chi connectivity index (χ4v) is 2.29. The first-order valence-electron chi connectivity index (χ1n) is 6.31. The number of anilines is 1. The standard InChI is InChI=1S/C14H20N2O2/c1-18-13(17)11-4-2-5-12(8-11)16-10-14(9-15)6-3-7-14/h2,4-5,8,16H,3,6-7,9-10,15H2,1H3. The first kappa shape index (κ1) is 12.9. The van der Waals surface area contributed by atoms with Crippen LogP contribution in [0.1, 0.15) is 29.6 Å². The summed E-state index contributed by atoms with van der Waals surface area (Å²) in [6, 6.07) is 7.37. The molecule has 0 saturated heterocycles. The van der Waals surface area contributed by atoms with Crippen LogP contribution in [0.25, 0.3) is 0 Å². The fourth-order valence-electron chi connectivity index (χ4n) is 2.29. The van der Waals surface area contributed by atoms with Crippen molar-refractivity contribution in [3.63, 3.8) is 0 Å². The average molecular weight is 248 g/mol. The third-order valence-corrected chi connectivity index (χ3v) is 3.80. The number of carbonyl (C=O) groups is 1. The maximum atomic E-state index is 11.4. The highest BCUT2D eigenvalue weighted by Gasteiger charge is 2.35. The second kappa shape index (κ2) is 5.40. The van der Waals surface area contributed by atoms with Crippen LogP contribution in [0, 0.1) is 5.41 Å². The quantitative estimate of drug-likeness (QED) is 0.782. The van der Waals surface area contributed by atoms with E-state index < -0.39 is 0 Å². The first-order chi connectivity index (χ1) is 8.69. The molecular weight excluding hydrogens is 228 g/mol. The van der Waals surface area contributed by atoms with E-state index in [0.717, 1.165) is 18.8 Å². The smallest absolute Gasteiger partial charge is 0.337 e. The van der Waals surface area contributed by atoms with E-state index in [0.29, 0.717) is 5.56 Å². The summed E-state index contributed by atoms with van der Waals surface area (Å²) in [6.45, 7) is 1.59. The van der Waals surface area contributed by atoms with Gasteiger partial charge >= 0.3 is 5.97 Å². The normalized spacial score (nSPS) is 16.8. The second-order valence-electron chi connectivity index (χ2n) is 4.98. The molecule has 1 fully saturated rings. The topological polar surface area (TPSA) is 64.3 Å². The van der Waals surface area contributed by atoms with Gasteiger partial charge in [-0.1, -0.05) is 12.5 Å². The maximum absolute atomic E-state index is 11.4. The molecule has 1 aliphatic carbocycles. The summed E-state index contributed by atoms with van der Waals surface area (Å²) in [5, 5.41) is 3.37. The highest BCUT2D eigenvalue weighted by molar-refractivity contribution is 5.90. The third kappa shape index (κ3) is 2.64. The first-order valence-corrected chi connectivity index (χ1v) is 6.31. The molecule has 0 atom stereocenters. The molecule has 1 aromatic carbocycles. The number of nitrogens with one attached hydrogen (secondary N) is 1. The molecule has 98 valence electrons. The zero-order valence-corrected chi connectivity index (χ0v) is 10.7. The molecule has 3 N–H and O–H groups in total. The molecule has 1 aliphatic rings. The van der Waals surface area contributed by atoms with Gasteiger partial charge in [-0.2, -0.15) is 0 Å². The summed E-state index contributed by atoms with van der Waals surface area (Å²) in [5.74, 6) is -0.309. The summed E-state index contributed by atoms with van der Waals surface area (Å²) in [6.07, 6.45) is 3.64. The van der Waals surface area contributed by atoms with E-state index in [1.165, 1.54) is 26.4 Å². The fraction of sp³-hybridized carbons (Fsp3) is 0.500. The van der Waals surface area contributed by atoms with E-state index in [2.05, 4.69) is 5.32 Å². The molecular formula is C14H20N2O2. The lowest BCUT2D eigenvalue weighted by Crippen LogP contribution is -2.42. The van der Waals surface area contributed by atoms with Crippen LogP contribution in [0.2, 0.25) is 0 Å². The Morgan fingerprint density at radius 1 is 1.50 bits per heavy atom. The Kier molecular flexibility index (Phi) is 3.87. The molecule has 0 aliphatic heterocycles. The van der Waals surface area contributed by atoms with Crippen LogP contribution in [-0.2, 0) is 4.74 Å². The average Bonchev–Trinajstić information content (AvgIpc) is 2.37. The minimum atomic E-state index is -0.309. The van der Waals surface area contributed by atoms with Crippen LogP contribution in [0.4, 0.5) is 5.69 Å². The molecule has 4 nitrogen and oxygen atoms in total. The predicted molar refractivity (Wildman–Crippen MR) is 71.6 cm³/mol. The lowest BCUT2D eigenvalue weighted by molar-refractivity contribution is 0.0601. The van der Waals surface area contributed by atoms with Crippen molar-refractivity contribution in [3.05, 3.63) is 29.8 Å². The summed E-state index contributed by atoms with van der Waals surface area (Å²) in [4.78, 5) is 11.4. The maximum Gasteiger partial charge on any atom is 0.337 e. The number of hydrogen-bond donors (Lipinski definition) is 2. The molecule has 0 heterocycles. The number of benzene rings is 1. The Morgan fingerprint density at radius 3 is 2.83 bits per heavy atom. The molecule has 0 bridgehead atoms. The number of esters is 1. The molecule has 0 unspecified atom stereocenters. The monoisotopic (exact) mass is 248 g/mol. The van der Waals surface area contributed by atoms with Crippen molar-refractivity contribution >= 4 is 11.7 Å². The van der Waals surface area contributed by atoms with Gasteiger partial charge in [0.2, 0.25) is 0 Å². The second-order valence-corrected chi connectivity index (χ2v) is 4.98. The molecule has 18 heavy (non-hydrogen) atoms. The van der Waals surface area contributed by atoms with Gasteiger partial charge in [-0.05, 0) is 43.0 Å². The number of methoxy groups -OCH3 is 1. The number of hydrogen-bond acceptors (Lipinski definition) is 4. The Hall–Kier alpha value is -1.55. The van der Waals surface area contributed by atoms with E-state index >= 15 is 0 Å². The van der Waals surface area contributed by atoms with Crippen LogP contribution in [0.5, 0.6) is 0 Å². The molecule has 1 aromatic rings. The Morgan fingerprint density at radius 2 is 2.28 bits per heavy atom. The van der Waals surface area contributed by atoms with Gasteiger partial charge in [-0.3, -0.25) is 0 Å². The number of ether oxygens (including phenoxy) is 1. The van der Waals surface area contributed by atoms with Gasteiger partial charge in [0.25, 0.3) is 0 Å². The highest BCUT2D eigenvalue weighted by Crippen LogP contribution is 2.39. The molecule has 4 heteroatoms. The molecule has 0 amide bonds. The molecule has 0 spiro atoms. The van der Waals surface area contributed by atoms with Gasteiger partial charge in [0.05, 0.1) is 12.7 Å². The van der Waals surface area contributed by atoms with Crippen molar-refractivity contribution in [2.24, 2.45) is 11.1 Å². The van der Waals surface area contributed by atoms with Crippen LogP contribution < -0.4 is 11.1 Å². The van der Waals surface area contributed by atoms with E-state index in [1.54, 1.807) is 6.07 Å². The number of carbonyl (C=O) groups excluding carboxylic acids is 1. The lowest BCUT2D eigenvalue weighted by atomic mass is 9.69. The summed E-state index contributed by atoms with van der Waals surface area (Å²) >= 11 is 0. The minimum Gasteiger partial charge on any atom is -0.465 e. The van der Waals surface area contributed by atoms with Gasteiger partial charge < -0.3 is 15.8 Å². The molecule has 2 rings (SSSR count). The summed E-state index contributed by atoms with van der Waals surface area (Å²) in [5.41, 5.74) is 7.58.